The highest BCUT2D eigenvalue weighted by atomic mass is 16.5. The largest absolute Gasteiger partial charge is 0.394 e. The summed E-state index contributed by atoms with van der Waals surface area (Å²) in [7, 11) is 0. The molecule has 0 saturated carbocycles. The van der Waals surface area contributed by atoms with Crippen molar-refractivity contribution in [3.63, 3.8) is 0 Å². The molecule has 0 aliphatic carbocycles. The summed E-state index contributed by atoms with van der Waals surface area (Å²) in [5.74, 6) is 0.824. The van der Waals surface area contributed by atoms with Crippen molar-refractivity contribution in [2.24, 2.45) is 5.92 Å². The summed E-state index contributed by atoms with van der Waals surface area (Å²) in [6.45, 7) is 10.2. The number of piperidine rings is 1. The van der Waals surface area contributed by atoms with Crippen LogP contribution in [0, 0.1) is 5.92 Å². The van der Waals surface area contributed by atoms with Gasteiger partial charge in [-0.3, -0.25) is 0 Å². The lowest BCUT2D eigenvalue weighted by Gasteiger charge is -2.35. The maximum absolute atomic E-state index is 8.60. The van der Waals surface area contributed by atoms with Gasteiger partial charge < -0.3 is 20.1 Å². The van der Waals surface area contributed by atoms with Gasteiger partial charge in [-0.05, 0) is 45.3 Å². The van der Waals surface area contributed by atoms with Gasteiger partial charge in [0.1, 0.15) is 0 Å². The van der Waals surface area contributed by atoms with Crippen molar-refractivity contribution in [2.75, 3.05) is 46.0 Å². The van der Waals surface area contributed by atoms with Crippen LogP contribution in [0.2, 0.25) is 0 Å². The third-order valence-electron chi connectivity index (χ3n) is 3.65. The number of aliphatic hydroxyl groups is 1. The summed E-state index contributed by atoms with van der Waals surface area (Å²) in [4.78, 5) is 2.46. The van der Waals surface area contributed by atoms with Crippen LogP contribution in [0.1, 0.15) is 26.7 Å². The van der Waals surface area contributed by atoms with E-state index >= 15 is 0 Å². The van der Waals surface area contributed by atoms with Gasteiger partial charge in [-0.2, -0.15) is 0 Å². The van der Waals surface area contributed by atoms with Crippen LogP contribution in [0.5, 0.6) is 0 Å². The summed E-state index contributed by atoms with van der Waals surface area (Å²) in [6, 6.07) is 0.646. The molecule has 0 bridgehead atoms. The molecule has 1 rings (SSSR count). The Balaban J connectivity index is 2.08. The Morgan fingerprint density at radius 2 is 2.06 bits per heavy atom. The molecule has 0 aromatic carbocycles. The lowest BCUT2D eigenvalue weighted by atomic mass is 9.90. The first-order valence-corrected chi connectivity index (χ1v) is 6.92. The number of likely N-dealkylation sites (tertiary alicyclic amines) is 1. The average molecular weight is 244 g/mol. The van der Waals surface area contributed by atoms with Crippen LogP contribution in [0.25, 0.3) is 0 Å². The Morgan fingerprint density at radius 3 is 2.65 bits per heavy atom. The molecule has 4 heteroatoms. The van der Waals surface area contributed by atoms with Gasteiger partial charge in [0, 0.05) is 12.6 Å². The van der Waals surface area contributed by atoms with Crippen molar-refractivity contribution in [1.29, 1.82) is 0 Å². The molecule has 0 spiro atoms. The van der Waals surface area contributed by atoms with Crippen molar-refractivity contribution in [3.8, 4) is 0 Å². The normalized spacial score (nSPS) is 20.6. The van der Waals surface area contributed by atoms with Crippen LogP contribution in [0.4, 0.5) is 0 Å². The fourth-order valence-electron chi connectivity index (χ4n) is 2.53. The second-order valence-corrected chi connectivity index (χ2v) is 4.86. The summed E-state index contributed by atoms with van der Waals surface area (Å²) < 4.78 is 5.29. The predicted molar refractivity (Wildman–Crippen MR) is 70.2 cm³/mol. The molecule has 17 heavy (non-hydrogen) atoms. The zero-order valence-corrected chi connectivity index (χ0v) is 11.3. The topological polar surface area (TPSA) is 44.7 Å². The number of hydrogen-bond donors (Lipinski definition) is 2. The zero-order valence-electron chi connectivity index (χ0n) is 11.3. The van der Waals surface area contributed by atoms with Crippen LogP contribution in [0.3, 0.4) is 0 Å². The van der Waals surface area contributed by atoms with E-state index in [1.165, 1.54) is 25.9 Å². The molecule has 0 amide bonds. The highest BCUT2D eigenvalue weighted by molar-refractivity contribution is 4.79. The first-order chi connectivity index (χ1) is 8.27. The molecule has 1 heterocycles. The molecule has 4 nitrogen and oxygen atoms in total. The monoisotopic (exact) mass is 244 g/mol. The van der Waals surface area contributed by atoms with E-state index in [1.54, 1.807) is 0 Å². The van der Waals surface area contributed by atoms with Crippen LogP contribution in [-0.4, -0.2) is 62.0 Å². The molecule has 1 saturated heterocycles. The third kappa shape index (κ3) is 5.82. The number of hydrogen-bond acceptors (Lipinski definition) is 4. The fraction of sp³-hybridized carbons (Fsp3) is 1.00. The van der Waals surface area contributed by atoms with Crippen LogP contribution >= 0.6 is 0 Å². The van der Waals surface area contributed by atoms with E-state index in [0.29, 0.717) is 12.6 Å². The first-order valence-electron chi connectivity index (χ1n) is 6.92. The van der Waals surface area contributed by atoms with E-state index < -0.39 is 0 Å². The lowest BCUT2D eigenvalue weighted by Crippen LogP contribution is -2.42. The smallest absolute Gasteiger partial charge is 0.0698 e. The highest BCUT2D eigenvalue weighted by Gasteiger charge is 2.22. The Kier molecular flexibility index (Phi) is 7.77. The lowest BCUT2D eigenvalue weighted by molar-refractivity contribution is 0.0627. The second kappa shape index (κ2) is 8.86. The van der Waals surface area contributed by atoms with Crippen LogP contribution < -0.4 is 5.32 Å². The fourth-order valence-corrected chi connectivity index (χ4v) is 2.53. The van der Waals surface area contributed by atoms with Crippen molar-refractivity contribution in [2.45, 2.75) is 32.7 Å². The van der Waals surface area contributed by atoms with Gasteiger partial charge in [0.15, 0.2) is 0 Å². The number of nitrogens with one attached hydrogen (secondary N) is 1. The van der Waals surface area contributed by atoms with Gasteiger partial charge in [0.25, 0.3) is 0 Å². The maximum Gasteiger partial charge on any atom is 0.0698 e. The maximum atomic E-state index is 8.60. The van der Waals surface area contributed by atoms with E-state index in [-0.39, 0.29) is 6.61 Å². The summed E-state index contributed by atoms with van der Waals surface area (Å²) in [5, 5.41) is 12.1. The summed E-state index contributed by atoms with van der Waals surface area (Å²) in [6.07, 6.45) is 2.57. The minimum atomic E-state index is 0.127. The Morgan fingerprint density at radius 1 is 1.35 bits per heavy atom. The summed E-state index contributed by atoms with van der Waals surface area (Å²) in [5.41, 5.74) is 0. The van der Waals surface area contributed by atoms with E-state index in [4.69, 9.17) is 9.84 Å². The standard InChI is InChI=1S/C13H28N2O2/c1-3-14-12(2)13-4-6-15(7-5-13)8-10-17-11-9-16/h12-14,16H,3-11H2,1-2H3. The van der Waals surface area contributed by atoms with Gasteiger partial charge in [-0.25, -0.2) is 0 Å². The molecule has 1 unspecified atom stereocenters. The SMILES string of the molecule is CCNC(C)C1CCN(CCOCCO)CC1. The Labute approximate surface area is 105 Å². The third-order valence-corrected chi connectivity index (χ3v) is 3.65. The van der Waals surface area contributed by atoms with Gasteiger partial charge >= 0.3 is 0 Å². The molecule has 0 aromatic heterocycles. The highest BCUT2D eigenvalue weighted by Crippen LogP contribution is 2.20. The van der Waals surface area contributed by atoms with E-state index in [9.17, 15) is 0 Å². The van der Waals surface area contributed by atoms with Crippen molar-refractivity contribution in [3.05, 3.63) is 0 Å². The molecular weight excluding hydrogens is 216 g/mol. The molecule has 1 aliphatic heterocycles. The quantitative estimate of drug-likeness (QED) is 0.617. The van der Waals surface area contributed by atoms with E-state index in [0.717, 1.165) is 25.6 Å². The van der Waals surface area contributed by atoms with Crippen molar-refractivity contribution in [1.82, 2.24) is 10.2 Å². The van der Waals surface area contributed by atoms with Gasteiger partial charge in [-0.1, -0.05) is 6.92 Å². The zero-order chi connectivity index (χ0) is 12.5. The van der Waals surface area contributed by atoms with Crippen LogP contribution in [0.15, 0.2) is 0 Å². The predicted octanol–water partition coefficient (Wildman–Crippen LogP) is 0.705. The number of aliphatic hydroxyl groups excluding tert-OH is 1. The molecule has 1 fully saturated rings. The second-order valence-electron chi connectivity index (χ2n) is 4.86. The number of ether oxygens (including phenoxy) is 1. The molecule has 1 aliphatic rings. The van der Waals surface area contributed by atoms with E-state index in [2.05, 4.69) is 24.1 Å². The minimum absolute atomic E-state index is 0.127. The molecule has 0 aromatic rings. The average Bonchev–Trinajstić information content (AvgIpc) is 2.36. The number of nitrogens with zero attached hydrogens (tertiary/aromatic N) is 1. The minimum Gasteiger partial charge on any atom is -0.394 e. The molecule has 102 valence electrons. The van der Waals surface area contributed by atoms with Crippen molar-refractivity contribution < 1.29 is 9.84 Å². The molecule has 2 N–H and O–H groups in total. The van der Waals surface area contributed by atoms with Gasteiger partial charge in [0.2, 0.25) is 0 Å². The Hall–Kier alpha value is -0.160. The molecular formula is C13H28N2O2. The van der Waals surface area contributed by atoms with E-state index in [1.807, 2.05) is 0 Å². The Bertz CT molecular complexity index is 182. The van der Waals surface area contributed by atoms with Gasteiger partial charge in [-0.15, -0.1) is 0 Å². The van der Waals surface area contributed by atoms with Gasteiger partial charge in [0.05, 0.1) is 19.8 Å². The number of rotatable bonds is 8. The molecule has 1 atom stereocenters. The first kappa shape index (κ1) is 14.9. The molecule has 0 radical (unpaired) electrons. The van der Waals surface area contributed by atoms with Crippen LogP contribution in [-0.2, 0) is 4.74 Å². The van der Waals surface area contributed by atoms with Crippen molar-refractivity contribution >= 4 is 0 Å². The summed E-state index contributed by atoms with van der Waals surface area (Å²) >= 11 is 0.